The van der Waals surface area contributed by atoms with Crippen LogP contribution in [0.15, 0.2) is 30.3 Å². The smallest absolute Gasteiger partial charge is 0.327 e. The maximum Gasteiger partial charge on any atom is 0.327 e. The van der Waals surface area contributed by atoms with Crippen LogP contribution in [0.5, 0.6) is 0 Å². The van der Waals surface area contributed by atoms with Gasteiger partial charge >= 0.3 is 5.97 Å². The van der Waals surface area contributed by atoms with E-state index in [1.54, 1.807) is 0 Å². The van der Waals surface area contributed by atoms with E-state index in [9.17, 15) is 9.59 Å². The minimum atomic E-state index is -0.989. The largest absolute Gasteiger partial charge is 0.480 e. The summed E-state index contributed by atoms with van der Waals surface area (Å²) in [7, 11) is 0. The average Bonchev–Trinajstić information content (AvgIpc) is 2.33. The molecule has 0 saturated carbocycles. The first-order chi connectivity index (χ1) is 8.59. The highest BCUT2D eigenvalue weighted by atomic mass is 32.2. The van der Waals surface area contributed by atoms with E-state index >= 15 is 0 Å². The topological polar surface area (TPSA) is 66.4 Å². The summed E-state index contributed by atoms with van der Waals surface area (Å²) in [6, 6.07) is 9.22. The van der Waals surface area contributed by atoms with Gasteiger partial charge in [-0.2, -0.15) is 11.8 Å². The van der Waals surface area contributed by atoms with Gasteiger partial charge in [-0.15, -0.1) is 0 Å². The molecular weight excluding hydrogens is 250 g/mol. The molecule has 0 radical (unpaired) electrons. The summed E-state index contributed by atoms with van der Waals surface area (Å²) in [6.07, 6.45) is 0.901. The van der Waals surface area contributed by atoms with Gasteiger partial charge in [0.25, 0.3) is 0 Å². The van der Waals surface area contributed by atoms with Gasteiger partial charge in [0, 0.05) is 12.7 Å². The lowest BCUT2D eigenvalue weighted by Crippen LogP contribution is -2.41. The van der Waals surface area contributed by atoms with Gasteiger partial charge in [0.2, 0.25) is 5.91 Å². The quantitative estimate of drug-likeness (QED) is 0.736. The molecule has 1 atom stereocenters. The average molecular weight is 267 g/mol. The summed E-state index contributed by atoms with van der Waals surface area (Å²) in [4.78, 5) is 21.7. The Hall–Kier alpha value is -1.49. The molecule has 2 N–H and O–H groups in total. The second kappa shape index (κ2) is 7.76. The molecule has 0 unspecified atom stereocenters. The number of hydrogen-bond donors (Lipinski definition) is 2. The first-order valence-corrected chi connectivity index (χ1v) is 6.86. The number of nitrogens with one attached hydrogen (secondary N) is 1. The maximum absolute atomic E-state index is 10.9. The van der Waals surface area contributed by atoms with Crippen LogP contribution < -0.4 is 5.32 Å². The molecule has 1 aromatic carbocycles. The number of rotatable bonds is 7. The van der Waals surface area contributed by atoms with E-state index < -0.39 is 12.0 Å². The number of carbonyl (C=O) groups is 2. The van der Waals surface area contributed by atoms with Gasteiger partial charge in [-0.05, 0) is 17.7 Å². The number of carboxylic acids is 1. The summed E-state index contributed by atoms with van der Waals surface area (Å²) in [6.45, 7) is 1.32. The Morgan fingerprint density at radius 1 is 1.33 bits per heavy atom. The van der Waals surface area contributed by atoms with E-state index in [1.165, 1.54) is 24.2 Å². The van der Waals surface area contributed by atoms with Gasteiger partial charge < -0.3 is 10.4 Å². The van der Waals surface area contributed by atoms with Gasteiger partial charge in [-0.3, -0.25) is 4.79 Å². The van der Waals surface area contributed by atoms with Crippen LogP contribution in [0, 0.1) is 0 Å². The van der Waals surface area contributed by atoms with Crippen molar-refractivity contribution in [2.45, 2.75) is 19.4 Å². The highest BCUT2D eigenvalue weighted by Gasteiger charge is 2.17. The Kier molecular flexibility index (Phi) is 6.28. The van der Waals surface area contributed by atoms with Crippen LogP contribution >= 0.6 is 11.8 Å². The molecule has 18 heavy (non-hydrogen) atoms. The number of aryl methyl sites for hydroxylation is 1. The molecule has 0 aliphatic carbocycles. The standard InChI is InChI=1S/C13H17NO3S/c1-10(15)14-12(13(16)17)9-18-8-7-11-5-3-2-4-6-11/h2-6,12H,7-9H2,1H3,(H,14,15)(H,16,17)/t12-/m0/s1. The van der Waals surface area contributed by atoms with Gasteiger partial charge in [0.15, 0.2) is 0 Å². The second-order valence-electron chi connectivity index (χ2n) is 3.90. The van der Waals surface area contributed by atoms with Gasteiger partial charge in [-0.1, -0.05) is 30.3 Å². The minimum absolute atomic E-state index is 0.314. The third kappa shape index (κ3) is 5.72. The van der Waals surface area contributed by atoms with Crippen LogP contribution in [0.2, 0.25) is 0 Å². The van der Waals surface area contributed by atoms with E-state index in [2.05, 4.69) is 5.32 Å². The molecule has 0 saturated heterocycles. The first-order valence-electron chi connectivity index (χ1n) is 5.71. The number of amides is 1. The zero-order valence-corrected chi connectivity index (χ0v) is 11.1. The Morgan fingerprint density at radius 3 is 2.56 bits per heavy atom. The number of carboxylic acid groups (broad SMARTS) is 1. The summed E-state index contributed by atoms with van der Waals surface area (Å²) < 4.78 is 0. The van der Waals surface area contributed by atoms with Crippen molar-refractivity contribution < 1.29 is 14.7 Å². The summed E-state index contributed by atoms with van der Waals surface area (Å²) in [5.41, 5.74) is 1.23. The van der Waals surface area contributed by atoms with Crippen LogP contribution in [0.3, 0.4) is 0 Å². The third-order valence-electron chi connectivity index (χ3n) is 2.34. The van der Waals surface area contributed by atoms with Crippen molar-refractivity contribution >= 4 is 23.6 Å². The number of hydrogen-bond acceptors (Lipinski definition) is 3. The molecule has 98 valence electrons. The zero-order chi connectivity index (χ0) is 13.4. The molecule has 0 aromatic heterocycles. The number of carbonyl (C=O) groups excluding carboxylic acids is 1. The molecule has 4 nitrogen and oxygen atoms in total. The number of benzene rings is 1. The Bertz CT molecular complexity index is 394. The van der Waals surface area contributed by atoms with Crippen LogP contribution in [0.4, 0.5) is 0 Å². The molecule has 1 aromatic rings. The fraction of sp³-hybridized carbons (Fsp3) is 0.385. The van der Waals surface area contributed by atoms with Crippen molar-refractivity contribution in [3.05, 3.63) is 35.9 Å². The monoisotopic (exact) mass is 267 g/mol. The fourth-order valence-electron chi connectivity index (χ4n) is 1.46. The predicted octanol–water partition coefficient (Wildman–Crippen LogP) is 1.55. The maximum atomic E-state index is 10.9. The minimum Gasteiger partial charge on any atom is -0.480 e. The summed E-state index contributed by atoms with van der Waals surface area (Å²) in [5, 5.41) is 11.3. The zero-order valence-electron chi connectivity index (χ0n) is 10.3. The molecule has 1 rings (SSSR count). The van der Waals surface area contributed by atoms with Crippen LogP contribution in [0.25, 0.3) is 0 Å². The number of thioether (sulfide) groups is 1. The van der Waals surface area contributed by atoms with Crippen molar-refractivity contribution in [2.24, 2.45) is 0 Å². The lowest BCUT2D eigenvalue weighted by atomic mass is 10.2. The van der Waals surface area contributed by atoms with Crippen molar-refractivity contribution in [2.75, 3.05) is 11.5 Å². The SMILES string of the molecule is CC(=O)N[C@@H](CSCCc1ccccc1)C(=O)O. The Labute approximate surface area is 111 Å². The highest BCUT2D eigenvalue weighted by molar-refractivity contribution is 7.99. The first kappa shape index (κ1) is 14.6. The van der Waals surface area contributed by atoms with E-state index in [-0.39, 0.29) is 5.91 Å². The van der Waals surface area contributed by atoms with E-state index in [0.717, 1.165) is 12.2 Å². The van der Waals surface area contributed by atoms with Crippen molar-refractivity contribution in [1.29, 1.82) is 0 Å². The third-order valence-corrected chi connectivity index (χ3v) is 3.40. The van der Waals surface area contributed by atoms with Crippen LogP contribution in [-0.2, 0) is 16.0 Å². The van der Waals surface area contributed by atoms with Gasteiger partial charge in [0.1, 0.15) is 6.04 Å². The summed E-state index contributed by atoms with van der Waals surface area (Å²) in [5.74, 6) is -0.0711. The second-order valence-corrected chi connectivity index (χ2v) is 5.05. The van der Waals surface area contributed by atoms with E-state index in [4.69, 9.17) is 5.11 Å². The van der Waals surface area contributed by atoms with Gasteiger partial charge in [0.05, 0.1) is 0 Å². The van der Waals surface area contributed by atoms with E-state index in [1.807, 2.05) is 30.3 Å². The molecule has 0 bridgehead atoms. The van der Waals surface area contributed by atoms with E-state index in [0.29, 0.717) is 5.75 Å². The molecule has 0 heterocycles. The fourth-order valence-corrected chi connectivity index (χ4v) is 2.46. The summed E-state index contributed by atoms with van der Waals surface area (Å²) >= 11 is 1.53. The molecule has 0 spiro atoms. The van der Waals surface area contributed by atoms with Crippen molar-refractivity contribution in [1.82, 2.24) is 5.32 Å². The molecular formula is C13H17NO3S. The highest BCUT2D eigenvalue weighted by Crippen LogP contribution is 2.08. The van der Waals surface area contributed by atoms with Crippen LogP contribution in [0.1, 0.15) is 12.5 Å². The molecule has 5 heteroatoms. The van der Waals surface area contributed by atoms with Crippen LogP contribution in [-0.4, -0.2) is 34.5 Å². The Morgan fingerprint density at radius 2 is 2.00 bits per heavy atom. The van der Waals surface area contributed by atoms with Crippen molar-refractivity contribution in [3.8, 4) is 0 Å². The van der Waals surface area contributed by atoms with Crippen molar-refractivity contribution in [3.63, 3.8) is 0 Å². The molecule has 0 fully saturated rings. The lowest BCUT2D eigenvalue weighted by Gasteiger charge is -2.12. The molecule has 0 aliphatic heterocycles. The lowest BCUT2D eigenvalue weighted by molar-refractivity contribution is -0.140. The normalized spacial score (nSPS) is 11.8. The number of aliphatic carboxylic acids is 1. The molecule has 0 aliphatic rings. The Balaban J connectivity index is 2.27. The predicted molar refractivity (Wildman–Crippen MR) is 72.7 cm³/mol. The molecule has 1 amide bonds. The van der Waals surface area contributed by atoms with Gasteiger partial charge in [-0.25, -0.2) is 4.79 Å².